The molecule has 0 fully saturated rings. The smallest absolute Gasteiger partial charge is 0.0836 e. The Kier molecular flexibility index (Phi) is 5.99. The maximum absolute atomic E-state index is 10.8. The first kappa shape index (κ1) is 9.31. The second kappa shape index (κ2) is 6.43. The van der Waals surface area contributed by atoms with Gasteiger partial charge in [-0.3, -0.25) is 0 Å². The van der Waals surface area contributed by atoms with Crippen LogP contribution in [0.2, 0.25) is 0 Å². The first-order valence-electron chi connectivity index (χ1n) is 2.91. The van der Waals surface area contributed by atoms with Crippen LogP contribution in [0.25, 0.3) is 0 Å². The molecule has 0 bridgehead atoms. The maximum Gasteiger partial charge on any atom is 0.0836 e. The number of aliphatic hydroxyl groups is 2. The first-order chi connectivity index (χ1) is 4.81. The third-order valence-corrected chi connectivity index (χ3v) is 2.28. The predicted octanol–water partition coefficient (Wildman–Crippen LogP) is 1.69. The fraction of sp³-hybridized carbons (Fsp3) is 0.333. The Balaban J connectivity index is 3.44. The summed E-state index contributed by atoms with van der Waals surface area (Å²) < 4.78 is 10.8. The molecule has 0 rings (SSSR count). The summed E-state index contributed by atoms with van der Waals surface area (Å²) in [6.45, 7) is 0. The minimum atomic E-state index is -1.66. The minimum Gasteiger partial charge on any atom is -0.516 e. The quantitative estimate of drug-likeness (QED) is 0.488. The Hall–Kier alpha value is -0.690. The van der Waals surface area contributed by atoms with Crippen molar-refractivity contribution in [3.8, 4) is 0 Å². The van der Waals surface area contributed by atoms with Gasteiger partial charge in [-0.2, -0.15) is 0 Å². The van der Waals surface area contributed by atoms with Crippen LogP contribution in [0, 0.1) is 0 Å². The molecule has 0 amide bonds. The molecule has 3 nitrogen and oxygen atoms in total. The molecule has 0 spiro atoms. The highest BCUT2D eigenvalue weighted by Gasteiger charge is 1.91. The van der Waals surface area contributed by atoms with Crippen LogP contribution >= 0.6 is 7.80 Å². The lowest BCUT2D eigenvalue weighted by Gasteiger charge is -1.89. The van der Waals surface area contributed by atoms with Crippen LogP contribution in [-0.2, 0) is 4.57 Å². The lowest BCUT2D eigenvalue weighted by Crippen LogP contribution is -1.74. The van der Waals surface area contributed by atoms with Gasteiger partial charge in [-0.15, -0.1) is 0 Å². The van der Waals surface area contributed by atoms with E-state index in [2.05, 4.69) is 0 Å². The number of aliphatic hydroxyl groups excluding tert-OH is 2. The van der Waals surface area contributed by atoms with Crippen molar-refractivity contribution in [2.24, 2.45) is 0 Å². The zero-order valence-electron chi connectivity index (χ0n) is 5.53. The van der Waals surface area contributed by atoms with Crippen molar-refractivity contribution in [1.82, 2.24) is 0 Å². The summed E-state index contributed by atoms with van der Waals surface area (Å²) >= 11 is 0. The molecular weight excluding hydrogens is 151 g/mol. The van der Waals surface area contributed by atoms with Gasteiger partial charge in [-0.25, -0.2) is 0 Å². The van der Waals surface area contributed by atoms with Gasteiger partial charge < -0.3 is 14.8 Å². The van der Waals surface area contributed by atoms with Gasteiger partial charge in [0.1, 0.15) is 0 Å². The summed E-state index contributed by atoms with van der Waals surface area (Å²) in [7, 11) is -1.66. The normalized spacial score (nSPS) is 14.8. The third kappa shape index (κ3) is 5.45. The molecule has 0 aliphatic carbocycles. The van der Waals surface area contributed by atoms with Gasteiger partial charge in [0, 0.05) is 12.3 Å². The van der Waals surface area contributed by atoms with Crippen molar-refractivity contribution < 1.29 is 14.8 Å². The van der Waals surface area contributed by atoms with Crippen molar-refractivity contribution >= 4 is 7.80 Å². The molecule has 0 aliphatic heterocycles. The molecule has 58 valence electrons. The molecule has 2 N–H and O–H groups in total. The zero-order valence-corrected chi connectivity index (χ0v) is 6.53. The number of hydrogen-bond donors (Lipinski definition) is 2. The van der Waals surface area contributed by atoms with E-state index >= 15 is 0 Å². The second-order valence-electron chi connectivity index (χ2n) is 1.72. The lowest BCUT2D eigenvalue weighted by atomic mass is 10.7. The van der Waals surface area contributed by atoms with E-state index < -0.39 is 7.80 Å². The van der Waals surface area contributed by atoms with E-state index in [1.165, 1.54) is 12.2 Å². The van der Waals surface area contributed by atoms with Crippen molar-refractivity contribution in [3.05, 3.63) is 24.7 Å². The topological polar surface area (TPSA) is 57.5 Å². The number of allylic oxidation sites excluding steroid dienone is 2. The standard InChI is InChI=1S/C6H11O3P/c7-3-1-5-10(9)6-2-4-8/h1-4,7-8,10H,5-6H2. The van der Waals surface area contributed by atoms with Crippen molar-refractivity contribution in [1.29, 1.82) is 0 Å². The van der Waals surface area contributed by atoms with E-state index in [0.29, 0.717) is 12.3 Å². The fourth-order valence-electron chi connectivity index (χ4n) is 0.452. The van der Waals surface area contributed by atoms with E-state index in [0.717, 1.165) is 12.5 Å². The molecule has 0 atom stereocenters. The van der Waals surface area contributed by atoms with Crippen molar-refractivity contribution in [2.45, 2.75) is 0 Å². The second-order valence-corrected chi connectivity index (χ2v) is 3.61. The van der Waals surface area contributed by atoms with Crippen molar-refractivity contribution in [2.75, 3.05) is 12.3 Å². The lowest BCUT2D eigenvalue weighted by molar-refractivity contribution is 0.472. The molecular formula is C6H11O3P. The van der Waals surface area contributed by atoms with E-state index in [9.17, 15) is 4.57 Å². The summed E-state index contributed by atoms with van der Waals surface area (Å²) in [4.78, 5) is 0. The van der Waals surface area contributed by atoms with E-state index in [4.69, 9.17) is 10.2 Å². The van der Waals surface area contributed by atoms with E-state index in [-0.39, 0.29) is 0 Å². The van der Waals surface area contributed by atoms with Crippen LogP contribution in [0.15, 0.2) is 24.7 Å². The largest absolute Gasteiger partial charge is 0.516 e. The van der Waals surface area contributed by atoms with Crippen molar-refractivity contribution in [3.63, 3.8) is 0 Å². The van der Waals surface area contributed by atoms with Gasteiger partial charge in [-0.05, 0) is 12.2 Å². The average molecular weight is 162 g/mol. The van der Waals surface area contributed by atoms with E-state index in [1.54, 1.807) is 0 Å². The minimum absolute atomic E-state index is 0.394. The van der Waals surface area contributed by atoms with E-state index in [1.807, 2.05) is 0 Å². The third-order valence-electron chi connectivity index (χ3n) is 0.902. The molecule has 0 radical (unpaired) electrons. The van der Waals surface area contributed by atoms with Crippen LogP contribution in [0.5, 0.6) is 0 Å². The molecule has 0 aromatic heterocycles. The van der Waals surface area contributed by atoms with Crippen LogP contribution in [0.1, 0.15) is 0 Å². The Morgan fingerprint density at radius 1 is 1.10 bits per heavy atom. The fourth-order valence-corrected chi connectivity index (χ4v) is 1.35. The summed E-state index contributed by atoms with van der Waals surface area (Å²) in [5.74, 6) is 0. The molecule has 0 unspecified atom stereocenters. The first-order valence-corrected chi connectivity index (χ1v) is 4.73. The highest BCUT2D eigenvalue weighted by Crippen LogP contribution is 2.19. The van der Waals surface area contributed by atoms with Crippen LogP contribution < -0.4 is 0 Å². The van der Waals surface area contributed by atoms with Gasteiger partial charge >= 0.3 is 0 Å². The molecule has 0 aliphatic rings. The Labute approximate surface area is 60.5 Å². The molecule has 4 heteroatoms. The molecule has 10 heavy (non-hydrogen) atoms. The summed E-state index contributed by atoms with van der Waals surface area (Å²) in [5.41, 5.74) is 0. The summed E-state index contributed by atoms with van der Waals surface area (Å²) in [6.07, 6.45) is 5.42. The molecule has 0 saturated carbocycles. The highest BCUT2D eigenvalue weighted by molar-refractivity contribution is 7.45. The average Bonchev–Trinajstić information content (AvgIpc) is 1.97. The molecule has 0 aromatic rings. The summed E-state index contributed by atoms with van der Waals surface area (Å²) in [6, 6.07) is 0. The maximum atomic E-state index is 10.8. The van der Waals surface area contributed by atoms with Gasteiger partial charge in [0.2, 0.25) is 0 Å². The van der Waals surface area contributed by atoms with Crippen LogP contribution in [-0.4, -0.2) is 22.5 Å². The number of rotatable bonds is 4. The van der Waals surface area contributed by atoms with Gasteiger partial charge in [0.05, 0.1) is 20.3 Å². The van der Waals surface area contributed by atoms with Gasteiger partial charge in [0.25, 0.3) is 0 Å². The zero-order chi connectivity index (χ0) is 7.82. The number of hydrogen-bond acceptors (Lipinski definition) is 3. The summed E-state index contributed by atoms with van der Waals surface area (Å²) in [5, 5.41) is 16.3. The Bertz CT molecular complexity index is 135. The van der Waals surface area contributed by atoms with Crippen LogP contribution in [0.4, 0.5) is 0 Å². The Morgan fingerprint density at radius 2 is 1.50 bits per heavy atom. The predicted molar refractivity (Wildman–Crippen MR) is 42.3 cm³/mol. The molecule has 0 heterocycles. The molecule has 0 saturated heterocycles. The van der Waals surface area contributed by atoms with Gasteiger partial charge in [0.15, 0.2) is 0 Å². The Morgan fingerprint density at radius 3 is 1.80 bits per heavy atom. The highest BCUT2D eigenvalue weighted by atomic mass is 31.1. The van der Waals surface area contributed by atoms with Crippen LogP contribution in [0.3, 0.4) is 0 Å². The van der Waals surface area contributed by atoms with Gasteiger partial charge in [-0.1, -0.05) is 0 Å². The monoisotopic (exact) mass is 162 g/mol. The molecule has 0 aromatic carbocycles. The SMILES string of the molecule is O=[PH](CC=CO)CC=CO.